The molecule has 152 valence electrons. The van der Waals surface area contributed by atoms with E-state index in [0.29, 0.717) is 30.3 Å². The van der Waals surface area contributed by atoms with Crippen LogP contribution >= 0.6 is 0 Å². The number of rotatable bonds is 10. The van der Waals surface area contributed by atoms with Gasteiger partial charge in [0, 0.05) is 6.42 Å². The molecule has 2 rings (SSSR count). The smallest absolute Gasteiger partial charge is 0.220 e. The maximum Gasteiger partial charge on any atom is 0.220 e. The van der Waals surface area contributed by atoms with E-state index in [9.17, 15) is 4.79 Å². The lowest BCUT2D eigenvalue weighted by Crippen LogP contribution is -2.29. The van der Waals surface area contributed by atoms with E-state index >= 15 is 0 Å². The zero-order valence-corrected chi connectivity index (χ0v) is 17.5. The van der Waals surface area contributed by atoms with Crippen LogP contribution in [0.3, 0.4) is 0 Å². The number of methoxy groups -OCH3 is 3. The van der Waals surface area contributed by atoms with Gasteiger partial charge in [0.05, 0.1) is 27.4 Å². The Labute approximate surface area is 168 Å². The van der Waals surface area contributed by atoms with Gasteiger partial charge in [0.25, 0.3) is 0 Å². The minimum absolute atomic E-state index is 0.0104. The lowest BCUT2D eigenvalue weighted by molar-refractivity contribution is -0.121. The Kier molecular flexibility index (Phi) is 8.18. The summed E-state index contributed by atoms with van der Waals surface area (Å²) in [5.74, 6) is 2.69. The Bertz CT molecular complexity index is 756. The molecule has 0 aliphatic carbocycles. The van der Waals surface area contributed by atoms with Gasteiger partial charge in [0.15, 0.2) is 11.5 Å². The lowest BCUT2D eigenvalue weighted by atomic mass is 9.96. The Balaban J connectivity index is 2.01. The molecule has 0 aliphatic rings. The van der Waals surface area contributed by atoms with E-state index in [2.05, 4.69) is 19.2 Å². The van der Waals surface area contributed by atoms with Gasteiger partial charge in [-0.2, -0.15) is 0 Å². The Hall–Kier alpha value is -2.69. The molecule has 0 heterocycles. The maximum atomic E-state index is 12.6. The van der Waals surface area contributed by atoms with Gasteiger partial charge in [-0.3, -0.25) is 4.79 Å². The van der Waals surface area contributed by atoms with E-state index < -0.39 is 0 Å². The van der Waals surface area contributed by atoms with Gasteiger partial charge < -0.3 is 19.5 Å². The third-order valence-electron chi connectivity index (χ3n) is 4.65. The highest BCUT2D eigenvalue weighted by Crippen LogP contribution is 2.28. The quantitative estimate of drug-likeness (QED) is 0.652. The summed E-state index contributed by atoms with van der Waals surface area (Å²) in [7, 11) is 4.87. The van der Waals surface area contributed by atoms with Crippen LogP contribution in [0.1, 0.15) is 43.9 Å². The third kappa shape index (κ3) is 6.19. The topological polar surface area (TPSA) is 56.8 Å². The predicted molar refractivity (Wildman–Crippen MR) is 111 cm³/mol. The van der Waals surface area contributed by atoms with Crippen molar-refractivity contribution in [1.29, 1.82) is 0 Å². The van der Waals surface area contributed by atoms with Crippen molar-refractivity contribution >= 4 is 5.91 Å². The van der Waals surface area contributed by atoms with Crippen molar-refractivity contribution < 1.29 is 19.0 Å². The third-order valence-corrected chi connectivity index (χ3v) is 4.65. The molecule has 1 atom stereocenters. The summed E-state index contributed by atoms with van der Waals surface area (Å²) in [6, 6.07) is 13.6. The molecule has 0 bridgehead atoms. The van der Waals surface area contributed by atoms with Crippen LogP contribution < -0.4 is 19.5 Å². The number of carbonyl (C=O) groups is 1. The van der Waals surface area contributed by atoms with Crippen LogP contribution in [0, 0.1) is 5.92 Å². The predicted octanol–water partition coefficient (Wildman–Crippen LogP) is 4.55. The molecule has 1 amide bonds. The van der Waals surface area contributed by atoms with Crippen molar-refractivity contribution in [3.8, 4) is 17.2 Å². The van der Waals surface area contributed by atoms with Gasteiger partial charge >= 0.3 is 0 Å². The molecule has 5 nitrogen and oxygen atoms in total. The van der Waals surface area contributed by atoms with Crippen LogP contribution in [0.4, 0.5) is 0 Å². The number of nitrogens with one attached hydrogen (secondary N) is 1. The van der Waals surface area contributed by atoms with Crippen molar-refractivity contribution in [2.24, 2.45) is 5.92 Å². The highest BCUT2D eigenvalue weighted by Gasteiger charge is 2.16. The molecule has 5 heteroatoms. The molecule has 0 spiro atoms. The Morgan fingerprint density at radius 3 is 2.18 bits per heavy atom. The summed E-state index contributed by atoms with van der Waals surface area (Å²) in [5.41, 5.74) is 2.13. The van der Waals surface area contributed by atoms with Crippen molar-refractivity contribution in [3.63, 3.8) is 0 Å². The normalized spacial score (nSPS) is 11.8. The van der Waals surface area contributed by atoms with E-state index in [1.807, 2.05) is 42.5 Å². The summed E-state index contributed by atoms with van der Waals surface area (Å²) in [5, 5.41) is 3.19. The van der Waals surface area contributed by atoms with Crippen molar-refractivity contribution in [1.82, 2.24) is 5.32 Å². The molecule has 0 radical (unpaired) electrons. The molecule has 2 aromatic rings. The molecular weight excluding hydrogens is 354 g/mol. The van der Waals surface area contributed by atoms with Gasteiger partial charge in [-0.25, -0.2) is 0 Å². The van der Waals surface area contributed by atoms with Crippen LogP contribution in [-0.2, 0) is 11.2 Å². The zero-order valence-electron chi connectivity index (χ0n) is 17.5. The van der Waals surface area contributed by atoms with Crippen LogP contribution in [0.2, 0.25) is 0 Å². The molecular formula is C23H31NO4. The van der Waals surface area contributed by atoms with Crippen LogP contribution in [0.5, 0.6) is 17.2 Å². The number of hydrogen-bond acceptors (Lipinski definition) is 4. The Morgan fingerprint density at radius 1 is 0.929 bits per heavy atom. The lowest BCUT2D eigenvalue weighted by Gasteiger charge is -2.21. The minimum atomic E-state index is -0.0104. The van der Waals surface area contributed by atoms with E-state index in [0.717, 1.165) is 23.3 Å². The summed E-state index contributed by atoms with van der Waals surface area (Å²) in [6.45, 7) is 4.32. The first-order valence-electron chi connectivity index (χ1n) is 9.61. The van der Waals surface area contributed by atoms with Gasteiger partial charge in [0.1, 0.15) is 5.75 Å². The second-order valence-electron chi connectivity index (χ2n) is 7.21. The first kappa shape index (κ1) is 21.6. The monoisotopic (exact) mass is 385 g/mol. The summed E-state index contributed by atoms with van der Waals surface area (Å²) < 4.78 is 15.8. The van der Waals surface area contributed by atoms with E-state index in [1.54, 1.807) is 21.3 Å². The van der Waals surface area contributed by atoms with Crippen LogP contribution in [0.25, 0.3) is 0 Å². The van der Waals surface area contributed by atoms with Crippen molar-refractivity contribution in [2.75, 3.05) is 21.3 Å². The second kappa shape index (κ2) is 10.6. The number of amides is 1. The first-order valence-corrected chi connectivity index (χ1v) is 9.61. The summed E-state index contributed by atoms with van der Waals surface area (Å²) in [4.78, 5) is 12.6. The van der Waals surface area contributed by atoms with Crippen LogP contribution in [-0.4, -0.2) is 27.2 Å². The average molecular weight is 386 g/mol. The van der Waals surface area contributed by atoms with E-state index in [4.69, 9.17) is 14.2 Å². The maximum absolute atomic E-state index is 12.6. The molecule has 0 aliphatic heterocycles. The highest BCUT2D eigenvalue weighted by atomic mass is 16.5. The molecule has 1 N–H and O–H groups in total. The SMILES string of the molecule is COc1ccc([C@@H](CC(C)C)NC(=O)CCc2ccc(OC)c(OC)c2)cc1. The fraction of sp³-hybridized carbons (Fsp3) is 0.435. The van der Waals surface area contributed by atoms with Crippen molar-refractivity contribution in [2.45, 2.75) is 39.2 Å². The number of hydrogen-bond donors (Lipinski definition) is 1. The number of carbonyl (C=O) groups excluding carboxylic acids is 1. The molecule has 0 saturated carbocycles. The second-order valence-corrected chi connectivity index (χ2v) is 7.21. The van der Waals surface area contributed by atoms with E-state index in [-0.39, 0.29) is 11.9 Å². The van der Waals surface area contributed by atoms with Crippen molar-refractivity contribution in [3.05, 3.63) is 53.6 Å². The van der Waals surface area contributed by atoms with Gasteiger partial charge in [-0.05, 0) is 54.2 Å². The largest absolute Gasteiger partial charge is 0.497 e. The molecule has 2 aromatic carbocycles. The number of ether oxygens (including phenoxy) is 3. The highest BCUT2D eigenvalue weighted by molar-refractivity contribution is 5.76. The van der Waals surface area contributed by atoms with Gasteiger partial charge in [0.2, 0.25) is 5.91 Å². The summed E-state index contributed by atoms with van der Waals surface area (Å²) >= 11 is 0. The molecule has 0 unspecified atom stereocenters. The van der Waals surface area contributed by atoms with Gasteiger partial charge in [-0.1, -0.05) is 32.0 Å². The molecule has 28 heavy (non-hydrogen) atoms. The average Bonchev–Trinajstić information content (AvgIpc) is 2.71. The fourth-order valence-corrected chi connectivity index (χ4v) is 3.15. The standard InChI is InChI=1S/C23H31NO4/c1-16(2)14-20(18-8-10-19(26-3)11-9-18)24-23(25)13-7-17-6-12-21(27-4)22(15-17)28-5/h6,8-12,15-16,20H,7,13-14H2,1-5H3,(H,24,25)/t20-/m1/s1. The Morgan fingerprint density at radius 2 is 1.61 bits per heavy atom. The molecule has 0 aromatic heterocycles. The molecule has 0 fully saturated rings. The number of aryl methyl sites for hydroxylation is 1. The van der Waals surface area contributed by atoms with E-state index in [1.165, 1.54) is 0 Å². The first-order chi connectivity index (χ1) is 13.5. The molecule has 0 saturated heterocycles. The zero-order chi connectivity index (χ0) is 20.5. The van der Waals surface area contributed by atoms with Gasteiger partial charge in [-0.15, -0.1) is 0 Å². The number of benzene rings is 2. The fourth-order valence-electron chi connectivity index (χ4n) is 3.15. The minimum Gasteiger partial charge on any atom is -0.497 e. The summed E-state index contributed by atoms with van der Waals surface area (Å²) in [6.07, 6.45) is 1.94. The van der Waals surface area contributed by atoms with Crippen LogP contribution in [0.15, 0.2) is 42.5 Å².